The summed E-state index contributed by atoms with van der Waals surface area (Å²) < 4.78 is 38.8. The van der Waals surface area contributed by atoms with Crippen molar-refractivity contribution >= 4 is 29.1 Å². The smallest absolute Gasteiger partial charge is 0.336 e. The number of likely N-dealkylation sites (N-methyl/N-ethyl adjacent to an activating group) is 1. The van der Waals surface area contributed by atoms with Crippen LogP contribution in [0.2, 0.25) is 10.0 Å². The van der Waals surface area contributed by atoms with E-state index in [1.165, 1.54) is 12.1 Å². The van der Waals surface area contributed by atoms with Crippen LogP contribution in [0.5, 0.6) is 0 Å². The lowest BCUT2D eigenvalue weighted by atomic mass is 9.93. The molecule has 3 aromatic rings. The molecule has 0 bridgehead atoms. The van der Waals surface area contributed by atoms with Gasteiger partial charge in [-0.3, -0.25) is 9.69 Å². The third-order valence-corrected chi connectivity index (χ3v) is 7.23. The number of carbonyl (C=O) groups is 1. The van der Waals surface area contributed by atoms with E-state index < -0.39 is 11.7 Å². The number of likely N-dealkylation sites (tertiary alicyclic amines) is 1. The van der Waals surface area contributed by atoms with Crippen LogP contribution < -0.4 is 0 Å². The van der Waals surface area contributed by atoms with E-state index in [2.05, 4.69) is 0 Å². The summed E-state index contributed by atoms with van der Waals surface area (Å²) in [7, 11) is 1.89. The van der Waals surface area contributed by atoms with Crippen LogP contribution in [0.4, 0.5) is 13.2 Å². The maximum atomic E-state index is 13.3. The Morgan fingerprint density at radius 2 is 1.69 bits per heavy atom. The normalized spacial score (nSPS) is 17.9. The van der Waals surface area contributed by atoms with Crippen molar-refractivity contribution in [3.8, 4) is 6.07 Å². The van der Waals surface area contributed by atoms with Gasteiger partial charge in [-0.15, -0.1) is 0 Å². The van der Waals surface area contributed by atoms with E-state index in [-0.39, 0.29) is 17.9 Å². The summed E-state index contributed by atoms with van der Waals surface area (Å²) in [6.45, 7) is 1.25. The molecule has 9 heteroatoms. The van der Waals surface area contributed by atoms with Gasteiger partial charge in [-0.25, -0.2) is 0 Å². The Kier molecular flexibility index (Phi) is 7.60. The summed E-state index contributed by atoms with van der Waals surface area (Å²) in [4.78, 5) is 17.1. The quantitative estimate of drug-likeness (QED) is 0.371. The van der Waals surface area contributed by atoms with Crippen LogP contribution in [0.3, 0.4) is 0 Å². The van der Waals surface area contributed by atoms with Crippen LogP contribution in [-0.2, 0) is 12.7 Å². The van der Waals surface area contributed by atoms with Crippen LogP contribution >= 0.6 is 23.2 Å². The van der Waals surface area contributed by atoms with Gasteiger partial charge in [0.05, 0.1) is 27.2 Å². The highest BCUT2D eigenvalue weighted by Crippen LogP contribution is 2.35. The first-order valence-corrected chi connectivity index (χ1v) is 11.9. The molecule has 0 unspecified atom stereocenters. The fourth-order valence-electron chi connectivity index (χ4n) is 4.54. The fraction of sp³-hybridized carbons (Fsp3) is 0.259. The maximum absolute atomic E-state index is 13.3. The summed E-state index contributed by atoms with van der Waals surface area (Å²) in [5.41, 5.74) is 1.91. The van der Waals surface area contributed by atoms with Crippen molar-refractivity contribution < 1.29 is 18.0 Å². The highest BCUT2D eigenvalue weighted by atomic mass is 35.5. The lowest BCUT2D eigenvalue weighted by Crippen LogP contribution is -2.38. The molecule has 36 heavy (non-hydrogen) atoms. The fourth-order valence-corrected chi connectivity index (χ4v) is 4.85. The summed E-state index contributed by atoms with van der Waals surface area (Å²) in [6.07, 6.45) is -4.39. The van der Waals surface area contributed by atoms with Crippen molar-refractivity contribution in [2.45, 2.75) is 24.7 Å². The molecule has 0 saturated carbocycles. The third kappa shape index (κ3) is 5.67. The molecular weight excluding hydrogens is 510 g/mol. The molecule has 4 nitrogen and oxygen atoms in total. The van der Waals surface area contributed by atoms with Gasteiger partial charge in [-0.1, -0.05) is 41.4 Å². The molecule has 0 radical (unpaired) electrons. The summed E-state index contributed by atoms with van der Waals surface area (Å²) in [6, 6.07) is 18.9. The minimum absolute atomic E-state index is 0.0958. The van der Waals surface area contributed by atoms with Crippen LogP contribution in [0.25, 0.3) is 0 Å². The molecule has 3 aromatic carbocycles. The average Bonchev–Trinajstić information content (AvgIpc) is 3.31. The molecule has 1 amide bonds. The molecule has 1 fully saturated rings. The van der Waals surface area contributed by atoms with Crippen molar-refractivity contribution in [1.29, 1.82) is 5.26 Å². The van der Waals surface area contributed by atoms with E-state index in [4.69, 9.17) is 28.5 Å². The SMILES string of the molecule is CN(Cc1ccc(C(F)(F)F)cc1)[C@H]1CN(C(=O)c2ccc(C#N)cc2)C[C@@H]1c1ccc(Cl)c(Cl)c1. The van der Waals surface area contributed by atoms with E-state index >= 15 is 0 Å². The lowest BCUT2D eigenvalue weighted by molar-refractivity contribution is -0.137. The highest BCUT2D eigenvalue weighted by Gasteiger charge is 2.39. The second-order valence-corrected chi connectivity index (χ2v) is 9.67. The number of alkyl halides is 3. The zero-order valence-corrected chi connectivity index (χ0v) is 20.8. The average molecular weight is 532 g/mol. The number of carbonyl (C=O) groups excluding carboxylic acids is 1. The first-order chi connectivity index (χ1) is 17.1. The van der Waals surface area contributed by atoms with E-state index in [1.54, 1.807) is 41.3 Å². The van der Waals surface area contributed by atoms with E-state index in [0.717, 1.165) is 23.3 Å². The zero-order valence-electron chi connectivity index (χ0n) is 19.3. The van der Waals surface area contributed by atoms with Gasteiger partial charge in [0.2, 0.25) is 0 Å². The molecule has 0 aromatic heterocycles. The Hall–Kier alpha value is -3.05. The molecular formula is C27H22Cl2F3N3O. The maximum Gasteiger partial charge on any atom is 0.416 e. The third-order valence-electron chi connectivity index (χ3n) is 6.49. The van der Waals surface area contributed by atoms with E-state index in [0.29, 0.717) is 40.8 Å². The molecule has 0 N–H and O–H groups in total. The van der Waals surface area contributed by atoms with Gasteiger partial charge in [-0.05, 0) is 66.7 Å². The van der Waals surface area contributed by atoms with Gasteiger partial charge in [-0.2, -0.15) is 18.4 Å². The van der Waals surface area contributed by atoms with Gasteiger partial charge < -0.3 is 4.90 Å². The molecule has 2 atom stereocenters. The van der Waals surface area contributed by atoms with Crippen LogP contribution in [0.1, 0.15) is 38.5 Å². The molecule has 4 rings (SSSR count). The Bertz CT molecular complexity index is 1290. The van der Waals surface area contributed by atoms with Crippen LogP contribution in [0, 0.1) is 11.3 Å². The minimum atomic E-state index is -4.39. The van der Waals surface area contributed by atoms with E-state index in [9.17, 15) is 18.0 Å². The predicted molar refractivity (Wildman–Crippen MR) is 133 cm³/mol. The van der Waals surface area contributed by atoms with Crippen molar-refractivity contribution in [1.82, 2.24) is 9.80 Å². The summed E-state index contributed by atoms with van der Waals surface area (Å²) in [5, 5.41) is 9.87. The van der Waals surface area contributed by atoms with Crippen molar-refractivity contribution in [3.05, 3.63) is 105 Å². The van der Waals surface area contributed by atoms with Gasteiger partial charge in [0.25, 0.3) is 5.91 Å². The molecule has 1 heterocycles. The standard InChI is InChI=1S/C27H22Cl2F3N3O/c1-34(14-18-4-9-21(10-5-18)27(30,31)32)25-16-35(26(36)19-6-2-17(13-33)3-7-19)15-22(25)20-8-11-23(28)24(29)12-20/h2-12,22,25H,14-16H2,1H3/t22-,25+/m1/s1. The summed E-state index contributed by atoms with van der Waals surface area (Å²) in [5.74, 6) is -0.253. The predicted octanol–water partition coefficient (Wildman–Crippen LogP) is 6.62. The minimum Gasteiger partial charge on any atom is -0.336 e. The number of benzene rings is 3. The second kappa shape index (κ2) is 10.5. The molecule has 1 saturated heterocycles. The van der Waals surface area contributed by atoms with Gasteiger partial charge in [0.15, 0.2) is 0 Å². The number of nitrogens with zero attached hydrogens (tertiary/aromatic N) is 3. The summed E-state index contributed by atoms with van der Waals surface area (Å²) >= 11 is 12.4. The number of halogens is 5. The molecule has 0 aliphatic carbocycles. The Morgan fingerprint density at radius 1 is 1.03 bits per heavy atom. The van der Waals surface area contributed by atoms with Crippen molar-refractivity contribution in [3.63, 3.8) is 0 Å². The zero-order chi connectivity index (χ0) is 26.0. The molecule has 1 aliphatic rings. The number of rotatable bonds is 5. The molecule has 1 aliphatic heterocycles. The Morgan fingerprint density at radius 3 is 2.28 bits per heavy atom. The molecule has 186 valence electrons. The monoisotopic (exact) mass is 531 g/mol. The first-order valence-electron chi connectivity index (χ1n) is 11.2. The second-order valence-electron chi connectivity index (χ2n) is 8.86. The highest BCUT2D eigenvalue weighted by molar-refractivity contribution is 6.42. The topological polar surface area (TPSA) is 47.3 Å². The number of nitriles is 1. The number of hydrogen-bond donors (Lipinski definition) is 0. The molecule has 0 spiro atoms. The van der Waals surface area contributed by atoms with Gasteiger partial charge in [0.1, 0.15) is 0 Å². The van der Waals surface area contributed by atoms with E-state index in [1.807, 2.05) is 24.1 Å². The van der Waals surface area contributed by atoms with Crippen LogP contribution in [0.15, 0.2) is 66.7 Å². The number of amides is 1. The Labute approximate surface area is 217 Å². The number of hydrogen-bond acceptors (Lipinski definition) is 3. The van der Waals surface area contributed by atoms with Crippen molar-refractivity contribution in [2.24, 2.45) is 0 Å². The van der Waals surface area contributed by atoms with Gasteiger partial charge >= 0.3 is 6.18 Å². The largest absolute Gasteiger partial charge is 0.416 e. The lowest BCUT2D eigenvalue weighted by Gasteiger charge is -2.29. The Balaban J connectivity index is 1.59. The van der Waals surface area contributed by atoms with Gasteiger partial charge in [0, 0.05) is 37.2 Å². The van der Waals surface area contributed by atoms with Crippen molar-refractivity contribution in [2.75, 3.05) is 20.1 Å². The first kappa shape index (κ1) is 26.0. The van der Waals surface area contributed by atoms with Crippen LogP contribution in [-0.4, -0.2) is 41.9 Å².